The lowest BCUT2D eigenvalue weighted by Gasteiger charge is -1.98. The average Bonchev–Trinajstić information content (AvgIpc) is 3.12. The zero-order valence-electron chi connectivity index (χ0n) is 13.2. The number of nitro benzene ring substituents is 1. The normalized spacial score (nSPS) is 10.8. The Morgan fingerprint density at radius 1 is 1.23 bits per heavy atom. The number of rotatable bonds is 5. The Labute approximate surface area is 152 Å². The maximum atomic E-state index is 12.1. The lowest BCUT2D eigenvalue weighted by Crippen LogP contribution is -2.17. The number of aromatic amines is 1. The smallest absolute Gasteiger partial charge is 0.272 e. The van der Waals surface area contributed by atoms with E-state index in [0.717, 1.165) is 0 Å². The molecular formula is C17H12ClN5O3. The molecule has 0 unspecified atom stereocenters. The van der Waals surface area contributed by atoms with Crippen LogP contribution >= 0.6 is 11.6 Å². The average molecular weight is 370 g/mol. The van der Waals surface area contributed by atoms with Gasteiger partial charge in [-0.3, -0.25) is 20.0 Å². The number of carbonyl (C=O) groups excluding carboxylic acids is 1. The lowest BCUT2D eigenvalue weighted by atomic mass is 10.1. The van der Waals surface area contributed by atoms with Gasteiger partial charge in [0.2, 0.25) is 0 Å². The van der Waals surface area contributed by atoms with Crippen molar-refractivity contribution in [3.05, 3.63) is 81.0 Å². The molecule has 3 aromatic rings. The van der Waals surface area contributed by atoms with Crippen LogP contribution in [-0.2, 0) is 0 Å². The molecule has 1 amide bonds. The zero-order chi connectivity index (χ0) is 18.5. The summed E-state index contributed by atoms with van der Waals surface area (Å²) in [5, 5.41) is 21.7. The number of carbonyl (C=O) groups is 1. The number of non-ortho nitro benzene ring substituents is 1. The van der Waals surface area contributed by atoms with Crippen molar-refractivity contribution >= 4 is 29.4 Å². The number of nitrogens with zero attached hydrogens (tertiary/aromatic N) is 3. The Morgan fingerprint density at radius 2 is 1.96 bits per heavy atom. The largest absolute Gasteiger partial charge is 0.289 e. The van der Waals surface area contributed by atoms with Crippen molar-refractivity contribution in [2.24, 2.45) is 5.10 Å². The van der Waals surface area contributed by atoms with Gasteiger partial charge < -0.3 is 0 Å². The van der Waals surface area contributed by atoms with Crippen LogP contribution in [0.4, 0.5) is 5.69 Å². The van der Waals surface area contributed by atoms with Crippen molar-refractivity contribution in [3.63, 3.8) is 0 Å². The highest BCUT2D eigenvalue weighted by Gasteiger charge is 2.12. The molecule has 0 atom stereocenters. The van der Waals surface area contributed by atoms with Crippen LogP contribution in [0.25, 0.3) is 11.3 Å². The van der Waals surface area contributed by atoms with E-state index in [1.807, 2.05) is 6.07 Å². The first-order valence-electron chi connectivity index (χ1n) is 7.43. The first-order chi connectivity index (χ1) is 12.5. The van der Waals surface area contributed by atoms with E-state index in [1.165, 1.54) is 30.5 Å². The van der Waals surface area contributed by atoms with Gasteiger partial charge in [-0.2, -0.15) is 10.2 Å². The van der Waals surface area contributed by atoms with E-state index in [2.05, 4.69) is 20.7 Å². The Balaban J connectivity index is 1.65. The molecule has 0 aliphatic carbocycles. The van der Waals surface area contributed by atoms with E-state index in [1.54, 1.807) is 24.3 Å². The molecule has 0 saturated heterocycles. The van der Waals surface area contributed by atoms with E-state index >= 15 is 0 Å². The number of halogens is 1. The summed E-state index contributed by atoms with van der Waals surface area (Å²) >= 11 is 6.11. The summed E-state index contributed by atoms with van der Waals surface area (Å²) in [6.45, 7) is 0. The molecule has 2 aromatic carbocycles. The summed E-state index contributed by atoms with van der Waals surface area (Å²) < 4.78 is 0. The number of nitro groups is 1. The highest BCUT2D eigenvalue weighted by atomic mass is 35.5. The molecule has 3 rings (SSSR count). The minimum Gasteiger partial charge on any atom is -0.272 e. The van der Waals surface area contributed by atoms with Crippen molar-refractivity contribution in [1.29, 1.82) is 0 Å². The first kappa shape index (κ1) is 17.3. The molecule has 130 valence electrons. The van der Waals surface area contributed by atoms with Crippen molar-refractivity contribution < 1.29 is 9.72 Å². The summed E-state index contributed by atoms with van der Waals surface area (Å²) in [5.41, 5.74) is 4.42. The van der Waals surface area contributed by atoms with Gasteiger partial charge in [0, 0.05) is 17.7 Å². The van der Waals surface area contributed by atoms with Crippen LogP contribution in [0.1, 0.15) is 16.1 Å². The summed E-state index contributed by atoms with van der Waals surface area (Å²) in [5.74, 6) is -0.478. The van der Waals surface area contributed by atoms with Gasteiger partial charge in [0.05, 0.1) is 21.9 Å². The quantitative estimate of drug-likeness (QED) is 0.407. The van der Waals surface area contributed by atoms with E-state index < -0.39 is 10.8 Å². The Bertz CT molecular complexity index is 982. The molecule has 0 aliphatic rings. The second-order valence-electron chi connectivity index (χ2n) is 5.19. The first-order valence-corrected chi connectivity index (χ1v) is 7.80. The maximum absolute atomic E-state index is 12.1. The summed E-state index contributed by atoms with van der Waals surface area (Å²) in [7, 11) is 0. The number of H-pyrrole nitrogens is 1. The molecule has 0 spiro atoms. The molecule has 8 nitrogen and oxygen atoms in total. The number of benzene rings is 2. The van der Waals surface area contributed by atoms with Crippen LogP contribution in [0.2, 0.25) is 5.02 Å². The number of hydrogen-bond donors (Lipinski definition) is 2. The highest BCUT2D eigenvalue weighted by molar-refractivity contribution is 6.33. The third kappa shape index (κ3) is 3.93. The number of hydrazone groups is 1. The van der Waals surface area contributed by atoms with Gasteiger partial charge >= 0.3 is 0 Å². The lowest BCUT2D eigenvalue weighted by molar-refractivity contribution is -0.384. The van der Waals surface area contributed by atoms with Gasteiger partial charge in [0.1, 0.15) is 5.69 Å². The second-order valence-corrected chi connectivity index (χ2v) is 5.60. The Hall–Kier alpha value is -3.52. The fourth-order valence-corrected chi connectivity index (χ4v) is 2.39. The molecule has 0 saturated carbocycles. The van der Waals surface area contributed by atoms with Crippen LogP contribution in [0.3, 0.4) is 0 Å². The summed E-state index contributed by atoms with van der Waals surface area (Å²) in [4.78, 5) is 22.2. The Morgan fingerprint density at radius 3 is 2.65 bits per heavy atom. The van der Waals surface area contributed by atoms with Crippen molar-refractivity contribution in [2.45, 2.75) is 0 Å². The predicted molar refractivity (Wildman–Crippen MR) is 97.2 cm³/mol. The van der Waals surface area contributed by atoms with Gasteiger partial charge in [-0.15, -0.1) is 0 Å². The van der Waals surface area contributed by atoms with Crippen LogP contribution in [0, 0.1) is 10.1 Å². The molecule has 0 fully saturated rings. The minimum atomic E-state index is -0.489. The van der Waals surface area contributed by atoms with Crippen LogP contribution in [-0.4, -0.2) is 27.2 Å². The van der Waals surface area contributed by atoms with Crippen molar-refractivity contribution in [2.75, 3.05) is 0 Å². The van der Waals surface area contributed by atoms with Crippen LogP contribution in [0.5, 0.6) is 0 Å². The fourth-order valence-electron chi connectivity index (χ4n) is 2.15. The fraction of sp³-hybridized carbons (Fsp3) is 0. The summed E-state index contributed by atoms with van der Waals surface area (Å²) in [6.07, 6.45) is 1.38. The zero-order valence-corrected chi connectivity index (χ0v) is 14.0. The molecule has 0 aliphatic heterocycles. The van der Waals surface area contributed by atoms with Crippen molar-refractivity contribution in [3.8, 4) is 11.3 Å². The number of nitrogens with one attached hydrogen (secondary N) is 2. The van der Waals surface area contributed by atoms with E-state index in [-0.39, 0.29) is 11.4 Å². The molecule has 1 aromatic heterocycles. The number of hydrogen-bond acceptors (Lipinski definition) is 5. The van der Waals surface area contributed by atoms with Crippen molar-refractivity contribution in [1.82, 2.24) is 15.6 Å². The molecule has 1 heterocycles. The van der Waals surface area contributed by atoms with Crippen LogP contribution < -0.4 is 5.43 Å². The third-order valence-electron chi connectivity index (χ3n) is 3.46. The molecule has 0 bridgehead atoms. The SMILES string of the molecule is O=C(N/N=C/c1ccc([N+](=O)[O-])cc1)c1cc(-c2ccccc2Cl)n[nH]1. The third-order valence-corrected chi connectivity index (χ3v) is 3.79. The molecular weight excluding hydrogens is 358 g/mol. The highest BCUT2D eigenvalue weighted by Crippen LogP contribution is 2.26. The van der Waals surface area contributed by atoms with Crippen LogP contribution in [0.15, 0.2) is 59.7 Å². The standard InChI is InChI=1S/C17H12ClN5O3/c18-14-4-2-1-3-13(14)15-9-16(21-20-15)17(24)22-19-10-11-5-7-12(8-6-11)23(25)26/h1-10H,(H,20,21)(H,22,24)/b19-10+. The van der Waals surface area contributed by atoms with E-state index in [4.69, 9.17) is 11.6 Å². The van der Waals surface area contributed by atoms with Gasteiger partial charge in [-0.25, -0.2) is 5.43 Å². The molecule has 9 heteroatoms. The monoisotopic (exact) mass is 369 g/mol. The molecule has 26 heavy (non-hydrogen) atoms. The van der Waals surface area contributed by atoms with Gasteiger partial charge in [0.15, 0.2) is 0 Å². The minimum absolute atomic E-state index is 0.0178. The number of aromatic nitrogens is 2. The predicted octanol–water partition coefficient (Wildman–Crippen LogP) is 3.40. The maximum Gasteiger partial charge on any atom is 0.289 e. The second kappa shape index (κ2) is 7.58. The molecule has 0 radical (unpaired) electrons. The number of amides is 1. The van der Waals surface area contributed by atoms with E-state index in [0.29, 0.717) is 21.8 Å². The van der Waals surface area contributed by atoms with Gasteiger partial charge in [0.25, 0.3) is 11.6 Å². The molecule has 2 N–H and O–H groups in total. The van der Waals surface area contributed by atoms with Gasteiger partial charge in [-0.1, -0.05) is 29.8 Å². The van der Waals surface area contributed by atoms with Gasteiger partial charge in [-0.05, 0) is 29.8 Å². The Kier molecular flexibility index (Phi) is 5.04. The topological polar surface area (TPSA) is 113 Å². The summed E-state index contributed by atoms with van der Waals surface area (Å²) in [6, 6.07) is 14.5. The van der Waals surface area contributed by atoms with E-state index in [9.17, 15) is 14.9 Å².